The lowest BCUT2D eigenvalue weighted by atomic mass is 9.86. The lowest BCUT2D eigenvalue weighted by Crippen LogP contribution is -2.08. The smallest absolute Gasteiger partial charge is 0.130 e. The van der Waals surface area contributed by atoms with Crippen LogP contribution in [0.2, 0.25) is 0 Å². The summed E-state index contributed by atoms with van der Waals surface area (Å²) in [5, 5.41) is 9.47. The van der Waals surface area contributed by atoms with E-state index in [9.17, 15) is 5.26 Å². The Labute approximate surface area is 107 Å². The minimum Gasteiger partial charge on any atom is -0.347 e. The lowest BCUT2D eigenvalue weighted by Gasteiger charge is -2.18. The average molecular weight is 239 g/mol. The van der Waals surface area contributed by atoms with Gasteiger partial charge < -0.3 is 4.98 Å². The molecule has 0 fully saturated rings. The van der Waals surface area contributed by atoms with Gasteiger partial charge in [-0.2, -0.15) is 5.26 Å². The van der Waals surface area contributed by atoms with Crippen molar-refractivity contribution >= 4 is 0 Å². The maximum atomic E-state index is 9.47. The Morgan fingerprint density at radius 1 is 1.17 bits per heavy atom. The van der Waals surface area contributed by atoms with E-state index in [0.29, 0.717) is 5.82 Å². The maximum Gasteiger partial charge on any atom is 0.130 e. The van der Waals surface area contributed by atoms with Gasteiger partial charge in [0.05, 0.1) is 6.07 Å². The molecule has 1 unspecified atom stereocenters. The number of nitrogens with zero attached hydrogens (tertiary/aromatic N) is 2. The second kappa shape index (κ2) is 4.66. The largest absolute Gasteiger partial charge is 0.347 e. The highest BCUT2D eigenvalue weighted by molar-refractivity contribution is 5.49. The number of hydrogen-bond donors (Lipinski definition) is 1. The zero-order valence-electron chi connectivity index (χ0n) is 11.2. The molecule has 2 rings (SSSR count). The number of benzene rings is 1. The van der Waals surface area contributed by atoms with Crippen molar-refractivity contribution in [1.82, 2.24) is 9.97 Å². The van der Waals surface area contributed by atoms with Crippen molar-refractivity contribution in [2.24, 2.45) is 0 Å². The normalized spacial score (nSPS) is 12.2. The van der Waals surface area contributed by atoms with E-state index in [0.717, 1.165) is 5.56 Å². The third kappa shape index (κ3) is 1.91. The van der Waals surface area contributed by atoms with Crippen LogP contribution >= 0.6 is 0 Å². The van der Waals surface area contributed by atoms with E-state index in [1.165, 1.54) is 22.3 Å². The number of nitriles is 1. The van der Waals surface area contributed by atoms with E-state index in [4.69, 9.17) is 0 Å². The molecule has 92 valence electrons. The first kappa shape index (κ1) is 12.4. The van der Waals surface area contributed by atoms with Crippen molar-refractivity contribution in [2.75, 3.05) is 0 Å². The summed E-state index contributed by atoms with van der Waals surface area (Å²) in [5.74, 6) is 0.396. The van der Waals surface area contributed by atoms with Crippen LogP contribution in [0.5, 0.6) is 0 Å². The lowest BCUT2D eigenvalue weighted by molar-refractivity contribution is 0.900. The van der Waals surface area contributed by atoms with Gasteiger partial charge in [-0.05, 0) is 55.5 Å². The molecular weight excluding hydrogens is 222 g/mol. The minimum atomic E-state index is -0.321. The van der Waals surface area contributed by atoms with Crippen molar-refractivity contribution in [3.8, 4) is 6.07 Å². The van der Waals surface area contributed by atoms with Crippen LogP contribution in [0.1, 0.15) is 39.6 Å². The number of aromatic amines is 1. The number of aromatic nitrogens is 2. The molecule has 1 aromatic heterocycles. The zero-order valence-corrected chi connectivity index (χ0v) is 11.2. The van der Waals surface area contributed by atoms with E-state index in [1.54, 1.807) is 12.4 Å². The number of hydrogen-bond acceptors (Lipinski definition) is 2. The number of aryl methyl sites for hydroxylation is 2. The van der Waals surface area contributed by atoms with Gasteiger partial charge in [0, 0.05) is 12.4 Å². The summed E-state index contributed by atoms with van der Waals surface area (Å²) in [7, 11) is 0. The van der Waals surface area contributed by atoms with Crippen LogP contribution in [0, 0.1) is 39.0 Å². The second-order valence-electron chi connectivity index (χ2n) is 4.71. The molecule has 0 saturated heterocycles. The molecule has 0 saturated carbocycles. The predicted octanol–water partition coefficient (Wildman–Crippen LogP) is 3.30. The monoisotopic (exact) mass is 239 g/mol. The van der Waals surface area contributed by atoms with Gasteiger partial charge in [0.2, 0.25) is 0 Å². The van der Waals surface area contributed by atoms with Crippen molar-refractivity contribution in [3.05, 3.63) is 52.1 Å². The SMILES string of the molecule is Cc1cc(C)c(C)c(C(C#N)c2ncc[nH]2)c1C. The fourth-order valence-corrected chi connectivity index (χ4v) is 2.38. The van der Waals surface area contributed by atoms with Crippen molar-refractivity contribution < 1.29 is 0 Å². The van der Waals surface area contributed by atoms with Crippen LogP contribution in [-0.2, 0) is 0 Å². The van der Waals surface area contributed by atoms with Crippen molar-refractivity contribution in [3.63, 3.8) is 0 Å². The summed E-state index contributed by atoms with van der Waals surface area (Å²) in [6, 6.07) is 4.53. The van der Waals surface area contributed by atoms with Gasteiger partial charge in [0.1, 0.15) is 11.7 Å². The third-order valence-corrected chi connectivity index (χ3v) is 3.63. The molecule has 2 aromatic rings. The fourth-order valence-electron chi connectivity index (χ4n) is 2.38. The molecule has 18 heavy (non-hydrogen) atoms. The highest BCUT2D eigenvalue weighted by Crippen LogP contribution is 2.31. The molecule has 1 heterocycles. The number of H-pyrrole nitrogens is 1. The Morgan fingerprint density at radius 3 is 2.22 bits per heavy atom. The van der Waals surface area contributed by atoms with Gasteiger partial charge >= 0.3 is 0 Å². The Bertz CT molecular complexity index is 577. The van der Waals surface area contributed by atoms with Crippen LogP contribution in [0.4, 0.5) is 0 Å². The number of rotatable bonds is 2. The van der Waals surface area contributed by atoms with Crippen LogP contribution in [0.15, 0.2) is 18.5 Å². The van der Waals surface area contributed by atoms with Gasteiger partial charge in [-0.25, -0.2) is 4.98 Å². The molecule has 1 atom stereocenters. The molecule has 0 spiro atoms. The van der Waals surface area contributed by atoms with Crippen LogP contribution < -0.4 is 0 Å². The van der Waals surface area contributed by atoms with E-state index < -0.39 is 0 Å². The molecule has 1 aromatic carbocycles. The number of nitrogens with one attached hydrogen (secondary N) is 1. The second-order valence-corrected chi connectivity index (χ2v) is 4.71. The van der Waals surface area contributed by atoms with Crippen molar-refractivity contribution in [1.29, 1.82) is 5.26 Å². The van der Waals surface area contributed by atoms with Crippen LogP contribution in [0.25, 0.3) is 0 Å². The highest BCUT2D eigenvalue weighted by Gasteiger charge is 2.21. The molecule has 0 radical (unpaired) electrons. The molecule has 0 aliphatic carbocycles. The molecule has 0 amide bonds. The van der Waals surface area contributed by atoms with Crippen LogP contribution in [-0.4, -0.2) is 9.97 Å². The van der Waals surface area contributed by atoms with E-state index in [-0.39, 0.29) is 5.92 Å². The fraction of sp³-hybridized carbons (Fsp3) is 0.333. The summed E-state index contributed by atoms with van der Waals surface area (Å²) in [6.07, 6.45) is 3.44. The maximum absolute atomic E-state index is 9.47. The molecule has 3 heteroatoms. The Balaban J connectivity index is 2.67. The highest BCUT2D eigenvalue weighted by atomic mass is 14.9. The zero-order chi connectivity index (χ0) is 13.3. The molecule has 0 aliphatic heterocycles. The topological polar surface area (TPSA) is 52.5 Å². The summed E-state index contributed by atoms with van der Waals surface area (Å²) >= 11 is 0. The van der Waals surface area contributed by atoms with E-state index >= 15 is 0 Å². The third-order valence-electron chi connectivity index (χ3n) is 3.63. The van der Waals surface area contributed by atoms with Crippen molar-refractivity contribution in [2.45, 2.75) is 33.6 Å². The van der Waals surface area contributed by atoms with Crippen LogP contribution in [0.3, 0.4) is 0 Å². The summed E-state index contributed by atoms with van der Waals surface area (Å²) in [5.41, 5.74) is 5.90. The Morgan fingerprint density at radius 2 is 1.78 bits per heavy atom. The van der Waals surface area contributed by atoms with Gasteiger partial charge in [-0.15, -0.1) is 0 Å². The molecule has 0 bridgehead atoms. The molecule has 3 nitrogen and oxygen atoms in total. The van der Waals surface area contributed by atoms with Gasteiger partial charge in [0.25, 0.3) is 0 Å². The minimum absolute atomic E-state index is 0.321. The summed E-state index contributed by atoms with van der Waals surface area (Å²) in [6.45, 7) is 8.32. The molecule has 0 aliphatic rings. The standard InChI is InChI=1S/C15H17N3/c1-9-7-10(2)12(4)14(11(9)3)13(8-16)15-17-5-6-18-15/h5-7,13H,1-4H3,(H,17,18). The van der Waals surface area contributed by atoms with Gasteiger partial charge in [-0.1, -0.05) is 6.07 Å². The molecular formula is C15H17N3. The Kier molecular flexibility index (Phi) is 3.20. The van der Waals surface area contributed by atoms with Gasteiger partial charge in [0.15, 0.2) is 0 Å². The first-order valence-electron chi connectivity index (χ1n) is 6.02. The first-order valence-corrected chi connectivity index (χ1v) is 6.02. The first-order chi connectivity index (χ1) is 8.56. The van der Waals surface area contributed by atoms with E-state index in [1.807, 2.05) is 0 Å². The summed E-state index contributed by atoms with van der Waals surface area (Å²) in [4.78, 5) is 7.27. The average Bonchev–Trinajstić information content (AvgIpc) is 2.85. The quantitative estimate of drug-likeness (QED) is 0.874. The predicted molar refractivity (Wildman–Crippen MR) is 71.4 cm³/mol. The summed E-state index contributed by atoms with van der Waals surface area (Å²) < 4.78 is 0. The number of imidazole rings is 1. The van der Waals surface area contributed by atoms with E-state index in [2.05, 4.69) is 49.8 Å². The molecule has 1 N–H and O–H groups in total. The Hall–Kier alpha value is -2.08. The van der Waals surface area contributed by atoms with Gasteiger partial charge in [-0.3, -0.25) is 0 Å².